The number of furan rings is 1. The molecule has 0 radical (unpaired) electrons. The van der Waals surface area contributed by atoms with Crippen LogP contribution < -0.4 is 5.32 Å². The lowest BCUT2D eigenvalue weighted by Crippen LogP contribution is -2.40. The summed E-state index contributed by atoms with van der Waals surface area (Å²) in [5, 5.41) is 3.71. The van der Waals surface area contributed by atoms with Crippen LogP contribution in [-0.2, 0) is 13.0 Å². The van der Waals surface area contributed by atoms with Crippen molar-refractivity contribution in [3.05, 3.63) is 23.7 Å². The maximum Gasteiger partial charge on any atom is 0.117 e. The molecule has 1 aliphatic rings. The lowest BCUT2D eigenvalue weighted by molar-refractivity contribution is 0.201. The molecule has 0 saturated heterocycles. The summed E-state index contributed by atoms with van der Waals surface area (Å²) in [7, 11) is 0. The average molecular weight is 249 g/mol. The van der Waals surface area contributed by atoms with Crippen LogP contribution in [0.15, 0.2) is 16.5 Å². The van der Waals surface area contributed by atoms with Crippen LogP contribution in [0.4, 0.5) is 0 Å². The molecule has 2 rings (SSSR count). The van der Waals surface area contributed by atoms with Gasteiger partial charge in [-0.05, 0) is 36.8 Å². The smallest absolute Gasteiger partial charge is 0.117 e. The van der Waals surface area contributed by atoms with E-state index in [0.29, 0.717) is 6.04 Å². The Morgan fingerprint density at radius 1 is 1.22 bits per heavy atom. The van der Waals surface area contributed by atoms with E-state index in [2.05, 4.69) is 38.2 Å². The van der Waals surface area contributed by atoms with Crippen LogP contribution in [0.25, 0.3) is 0 Å². The minimum absolute atomic E-state index is 0.675. The standard InChI is InChI=1S/C16H27NO/c1-4-13-9-10-14(18-13)11-17-16-8-6-5-7-15(16)12(2)3/h9-10,12,15-17H,4-8,11H2,1-3H3. The topological polar surface area (TPSA) is 25.2 Å². The van der Waals surface area contributed by atoms with Crippen molar-refractivity contribution in [3.8, 4) is 0 Å². The minimum atomic E-state index is 0.675. The van der Waals surface area contributed by atoms with E-state index in [9.17, 15) is 0 Å². The van der Waals surface area contributed by atoms with Crippen molar-refractivity contribution in [2.45, 2.75) is 65.5 Å². The molecule has 2 unspecified atom stereocenters. The summed E-state index contributed by atoms with van der Waals surface area (Å²) < 4.78 is 5.76. The summed E-state index contributed by atoms with van der Waals surface area (Å²) in [6, 6.07) is 4.88. The molecule has 0 bridgehead atoms. The van der Waals surface area contributed by atoms with E-state index in [0.717, 1.165) is 36.3 Å². The van der Waals surface area contributed by atoms with Gasteiger partial charge in [-0.2, -0.15) is 0 Å². The summed E-state index contributed by atoms with van der Waals surface area (Å²) in [4.78, 5) is 0. The van der Waals surface area contributed by atoms with Crippen LogP contribution in [0.2, 0.25) is 0 Å². The Labute approximate surface area is 111 Å². The lowest BCUT2D eigenvalue weighted by atomic mass is 9.78. The van der Waals surface area contributed by atoms with Crippen LogP contribution >= 0.6 is 0 Å². The van der Waals surface area contributed by atoms with Gasteiger partial charge in [-0.15, -0.1) is 0 Å². The number of aryl methyl sites for hydroxylation is 1. The Morgan fingerprint density at radius 3 is 2.61 bits per heavy atom. The highest BCUT2D eigenvalue weighted by molar-refractivity contribution is 5.07. The monoisotopic (exact) mass is 249 g/mol. The molecule has 1 aromatic heterocycles. The summed E-state index contributed by atoms with van der Waals surface area (Å²) >= 11 is 0. The van der Waals surface area contributed by atoms with E-state index in [1.165, 1.54) is 25.7 Å². The molecule has 2 nitrogen and oxygen atoms in total. The van der Waals surface area contributed by atoms with Crippen molar-refractivity contribution in [3.63, 3.8) is 0 Å². The molecule has 0 aromatic carbocycles. The molecule has 0 aliphatic heterocycles. The first-order valence-electron chi connectivity index (χ1n) is 7.51. The predicted octanol–water partition coefficient (Wildman–Crippen LogP) is 4.15. The predicted molar refractivity (Wildman–Crippen MR) is 75.5 cm³/mol. The van der Waals surface area contributed by atoms with E-state index >= 15 is 0 Å². The van der Waals surface area contributed by atoms with Gasteiger partial charge in [-0.1, -0.05) is 33.6 Å². The first-order chi connectivity index (χ1) is 8.70. The molecule has 102 valence electrons. The van der Waals surface area contributed by atoms with Crippen molar-refractivity contribution >= 4 is 0 Å². The van der Waals surface area contributed by atoms with Crippen LogP contribution in [0, 0.1) is 11.8 Å². The Morgan fingerprint density at radius 2 is 1.94 bits per heavy atom. The van der Waals surface area contributed by atoms with Gasteiger partial charge in [0.25, 0.3) is 0 Å². The Kier molecular flexibility index (Phi) is 4.87. The molecule has 1 aromatic rings. The van der Waals surface area contributed by atoms with E-state index in [4.69, 9.17) is 4.42 Å². The summed E-state index contributed by atoms with van der Waals surface area (Å²) in [6.45, 7) is 7.72. The highest BCUT2D eigenvalue weighted by Gasteiger charge is 2.27. The quantitative estimate of drug-likeness (QED) is 0.848. The highest BCUT2D eigenvalue weighted by atomic mass is 16.3. The van der Waals surface area contributed by atoms with Gasteiger partial charge in [-0.25, -0.2) is 0 Å². The molecule has 1 saturated carbocycles. The molecule has 1 aliphatic carbocycles. The largest absolute Gasteiger partial charge is 0.465 e. The third-order valence-corrected chi connectivity index (χ3v) is 4.28. The van der Waals surface area contributed by atoms with Gasteiger partial charge >= 0.3 is 0 Å². The molecule has 0 spiro atoms. The van der Waals surface area contributed by atoms with Crippen molar-refractivity contribution in [1.29, 1.82) is 0 Å². The molecule has 1 heterocycles. The fourth-order valence-corrected chi connectivity index (χ4v) is 3.15. The van der Waals surface area contributed by atoms with Gasteiger partial charge in [0.2, 0.25) is 0 Å². The molecule has 18 heavy (non-hydrogen) atoms. The van der Waals surface area contributed by atoms with Gasteiger partial charge in [-0.3, -0.25) is 0 Å². The second-order valence-electron chi connectivity index (χ2n) is 5.90. The summed E-state index contributed by atoms with van der Waals surface area (Å²) in [5.41, 5.74) is 0. The third kappa shape index (κ3) is 3.38. The highest BCUT2D eigenvalue weighted by Crippen LogP contribution is 2.30. The van der Waals surface area contributed by atoms with Gasteiger partial charge in [0.15, 0.2) is 0 Å². The molecule has 2 heteroatoms. The molecular formula is C16H27NO. The van der Waals surface area contributed by atoms with Crippen molar-refractivity contribution in [2.24, 2.45) is 11.8 Å². The zero-order valence-electron chi connectivity index (χ0n) is 12.0. The number of hydrogen-bond donors (Lipinski definition) is 1. The molecule has 2 atom stereocenters. The molecular weight excluding hydrogens is 222 g/mol. The maximum absolute atomic E-state index is 5.76. The third-order valence-electron chi connectivity index (χ3n) is 4.28. The van der Waals surface area contributed by atoms with Gasteiger partial charge in [0.05, 0.1) is 6.54 Å². The van der Waals surface area contributed by atoms with E-state index in [1.54, 1.807) is 0 Å². The molecule has 1 N–H and O–H groups in total. The SMILES string of the molecule is CCc1ccc(CNC2CCCCC2C(C)C)o1. The van der Waals surface area contributed by atoms with Crippen molar-refractivity contribution in [1.82, 2.24) is 5.32 Å². The fourth-order valence-electron chi connectivity index (χ4n) is 3.15. The zero-order chi connectivity index (χ0) is 13.0. The van der Waals surface area contributed by atoms with Crippen LogP contribution in [-0.4, -0.2) is 6.04 Å². The van der Waals surface area contributed by atoms with Gasteiger partial charge in [0, 0.05) is 12.5 Å². The Bertz CT molecular complexity index is 356. The first kappa shape index (κ1) is 13.7. The second kappa shape index (κ2) is 6.42. The first-order valence-corrected chi connectivity index (χ1v) is 7.51. The second-order valence-corrected chi connectivity index (χ2v) is 5.90. The lowest BCUT2D eigenvalue weighted by Gasteiger charge is -2.34. The Hall–Kier alpha value is -0.760. The fraction of sp³-hybridized carbons (Fsp3) is 0.750. The van der Waals surface area contributed by atoms with Crippen LogP contribution in [0.3, 0.4) is 0 Å². The van der Waals surface area contributed by atoms with Gasteiger partial charge < -0.3 is 9.73 Å². The number of hydrogen-bond acceptors (Lipinski definition) is 2. The maximum atomic E-state index is 5.76. The Balaban J connectivity index is 1.87. The van der Waals surface area contributed by atoms with Crippen LogP contribution in [0.1, 0.15) is 58.0 Å². The van der Waals surface area contributed by atoms with E-state index in [1.807, 2.05) is 0 Å². The molecule has 1 fully saturated rings. The van der Waals surface area contributed by atoms with Crippen LogP contribution in [0.5, 0.6) is 0 Å². The minimum Gasteiger partial charge on any atom is -0.465 e. The number of nitrogens with one attached hydrogen (secondary N) is 1. The summed E-state index contributed by atoms with van der Waals surface area (Å²) in [6.07, 6.45) is 6.47. The van der Waals surface area contributed by atoms with Crippen molar-refractivity contribution in [2.75, 3.05) is 0 Å². The van der Waals surface area contributed by atoms with E-state index < -0.39 is 0 Å². The van der Waals surface area contributed by atoms with Crippen molar-refractivity contribution < 1.29 is 4.42 Å². The number of rotatable bonds is 5. The average Bonchev–Trinajstić information content (AvgIpc) is 2.84. The van der Waals surface area contributed by atoms with E-state index in [-0.39, 0.29) is 0 Å². The molecule has 0 amide bonds. The van der Waals surface area contributed by atoms with Gasteiger partial charge in [0.1, 0.15) is 11.5 Å². The normalized spacial score (nSPS) is 24.7. The summed E-state index contributed by atoms with van der Waals surface area (Å²) in [5.74, 6) is 3.79. The zero-order valence-corrected chi connectivity index (χ0v) is 12.0.